The Hall–Kier alpha value is -2.64. The largest absolute Gasteiger partial charge is 0.483 e. The summed E-state index contributed by atoms with van der Waals surface area (Å²) in [5, 5.41) is 0.981. The number of amides is 1. The minimum absolute atomic E-state index is 0.295. The first-order valence-electron chi connectivity index (χ1n) is 7.60. The highest BCUT2D eigenvalue weighted by Gasteiger charge is 2.10. The van der Waals surface area contributed by atoms with Crippen LogP contribution in [0.3, 0.4) is 0 Å². The molecule has 0 fully saturated rings. The highest BCUT2D eigenvalue weighted by atomic mass is 32.2. The van der Waals surface area contributed by atoms with Crippen molar-refractivity contribution in [3.8, 4) is 5.75 Å². The Morgan fingerprint density at radius 1 is 1.04 bits per heavy atom. The molecule has 2 N–H and O–H groups in total. The molecule has 0 atom stereocenters. The van der Waals surface area contributed by atoms with Crippen LogP contribution in [0.2, 0.25) is 0 Å². The predicted molar refractivity (Wildman–Crippen MR) is 97.1 cm³/mol. The van der Waals surface area contributed by atoms with Gasteiger partial charge in [-0.15, -0.1) is 4.83 Å². The maximum absolute atomic E-state index is 11.8. The number of para-hydroxylation sites is 1. The molecule has 7 heteroatoms. The molecule has 0 bridgehead atoms. The van der Waals surface area contributed by atoms with Gasteiger partial charge in [-0.3, -0.25) is 10.2 Å². The molecule has 25 heavy (non-hydrogen) atoms. The third kappa shape index (κ3) is 6.06. The van der Waals surface area contributed by atoms with Crippen molar-refractivity contribution in [1.82, 2.24) is 10.3 Å². The summed E-state index contributed by atoms with van der Waals surface area (Å²) in [6.45, 7) is 3.45. The standard InChI is InChI=1S/C18H20N2O4S/c1-14-7-6-8-15(2)18(14)24-13-17(21)19-20-25(22,23)12-11-16-9-4-3-5-10-16/h3-12,20H,13H2,1-2H3,(H,19,21)/b12-11+. The van der Waals surface area contributed by atoms with Gasteiger partial charge < -0.3 is 4.74 Å². The van der Waals surface area contributed by atoms with Gasteiger partial charge in [-0.25, -0.2) is 8.42 Å². The molecule has 0 saturated carbocycles. The number of hydrogen-bond acceptors (Lipinski definition) is 4. The second-order valence-corrected chi connectivity index (χ2v) is 6.98. The summed E-state index contributed by atoms with van der Waals surface area (Å²) in [6.07, 6.45) is 1.43. The first kappa shape index (κ1) is 18.7. The molecule has 0 heterocycles. The first-order valence-corrected chi connectivity index (χ1v) is 9.15. The normalized spacial score (nSPS) is 11.4. The lowest BCUT2D eigenvalue weighted by atomic mass is 10.1. The SMILES string of the molecule is Cc1cccc(C)c1OCC(=O)NNS(=O)(=O)/C=C/c1ccccc1. The maximum atomic E-state index is 11.8. The van der Waals surface area contributed by atoms with Crippen LogP contribution in [-0.2, 0) is 14.8 Å². The van der Waals surface area contributed by atoms with Crippen molar-refractivity contribution in [2.45, 2.75) is 13.8 Å². The van der Waals surface area contributed by atoms with Crippen LogP contribution in [0.4, 0.5) is 0 Å². The lowest BCUT2D eigenvalue weighted by Crippen LogP contribution is -2.42. The summed E-state index contributed by atoms with van der Waals surface area (Å²) >= 11 is 0. The van der Waals surface area contributed by atoms with E-state index in [0.29, 0.717) is 5.75 Å². The second-order valence-electron chi connectivity index (χ2n) is 5.42. The molecule has 2 aromatic carbocycles. The summed E-state index contributed by atoms with van der Waals surface area (Å²) in [4.78, 5) is 13.8. The van der Waals surface area contributed by atoms with Gasteiger partial charge in [0.25, 0.3) is 15.9 Å². The minimum atomic E-state index is -3.79. The Bertz CT molecular complexity index is 842. The van der Waals surface area contributed by atoms with E-state index in [2.05, 4.69) is 5.43 Å². The fourth-order valence-electron chi connectivity index (χ4n) is 2.09. The van der Waals surface area contributed by atoms with Crippen molar-refractivity contribution in [3.05, 3.63) is 70.6 Å². The molecule has 0 unspecified atom stereocenters. The number of hydrazine groups is 1. The first-order chi connectivity index (χ1) is 11.9. The van der Waals surface area contributed by atoms with Crippen LogP contribution in [-0.4, -0.2) is 20.9 Å². The van der Waals surface area contributed by atoms with Crippen molar-refractivity contribution < 1.29 is 17.9 Å². The zero-order valence-electron chi connectivity index (χ0n) is 14.0. The number of nitrogens with one attached hydrogen (secondary N) is 2. The zero-order valence-corrected chi connectivity index (χ0v) is 14.8. The fraction of sp³-hybridized carbons (Fsp3) is 0.167. The molecule has 6 nitrogen and oxygen atoms in total. The van der Waals surface area contributed by atoms with E-state index in [1.807, 2.05) is 42.9 Å². The van der Waals surface area contributed by atoms with Crippen LogP contribution in [0.25, 0.3) is 6.08 Å². The van der Waals surface area contributed by atoms with Gasteiger partial charge in [0.2, 0.25) is 0 Å². The van der Waals surface area contributed by atoms with Crippen molar-refractivity contribution in [2.24, 2.45) is 0 Å². The second kappa shape index (κ2) is 8.46. The van der Waals surface area contributed by atoms with Crippen LogP contribution in [0, 0.1) is 13.8 Å². The molecule has 2 rings (SSSR count). The summed E-state index contributed by atoms with van der Waals surface area (Å²) in [5.41, 5.74) is 4.65. The van der Waals surface area contributed by atoms with Crippen LogP contribution < -0.4 is 15.0 Å². The van der Waals surface area contributed by atoms with Gasteiger partial charge >= 0.3 is 0 Å². The molecule has 2 aromatic rings. The average molecular weight is 360 g/mol. The van der Waals surface area contributed by atoms with Crippen molar-refractivity contribution >= 4 is 22.0 Å². The van der Waals surface area contributed by atoms with Crippen LogP contribution in [0.1, 0.15) is 16.7 Å². The summed E-state index contributed by atoms with van der Waals surface area (Å²) in [6, 6.07) is 14.6. The summed E-state index contributed by atoms with van der Waals surface area (Å²) in [5.74, 6) is 0.0174. The number of carbonyl (C=O) groups excluding carboxylic acids is 1. The maximum Gasteiger partial charge on any atom is 0.272 e. The number of ether oxygens (including phenoxy) is 1. The molecule has 0 saturated heterocycles. The Kier molecular flexibility index (Phi) is 6.32. The van der Waals surface area contributed by atoms with Gasteiger partial charge in [0.05, 0.1) is 0 Å². The molecule has 132 valence electrons. The number of hydrogen-bond donors (Lipinski definition) is 2. The number of aryl methyl sites for hydroxylation is 2. The molecule has 0 aromatic heterocycles. The molecule has 1 amide bonds. The number of carbonyl (C=O) groups is 1. The number of sulfonamides is 1. The minimum Gasteiger partial charge on any atom is -0.483 e. The van der Waals surface area contributed by atoms with E-state index >= 15 is 0 Å². The molecule has 0 aliphatic rings. The molecule has 0 aliphatic carbocycles. The van der Waals surface area contributed by atoms with Crippen LogP contribution >= 0.6 is 0 Å². The van der Waals surface area contributed by atoms with Gasteiger partial charge in [-0.2, -0.15) is 0 Å². The summed E-state index contributed by atoms with van der Waals surface area (Å²) < 4.78 is 29.1. The number of rotatable bonds is 7. The highest BCUT2D eigenvalue weighted by Crippen LogP contribution is 2.21. The third-order valence-electron chi connectivity index (χ3n) is 3.33. The van der Waals surface area contributed by atoms with E-state index in [4.69, 9.17) is 4.74 Å². The van der Waals surface area contributed by atoms with E-state index in [1.165, 1.54) is 6.08 Å². The van der Waals surface area contributed by atoms with Gasteiger partial charge in [0.1, 0.15) is 5.75 Å². The van der Waals surface area contributed by atoms with E-state index in [1.54, 1.807) is 24.3 Å². The Labute approximate surface area is 147 Å². The van der Waals surface area contributed by atoms with Crippen molar-refractivity contribution in [3.63, 3.8) is 0 Å². The van der Waals surface area contributed by atoms with Crippen LogP contribution in [0.5, 0.6) is 5.75 Å². The lowest BCUT2D eigenvalue weighted by molar-refractivity contribution is -0.123. The Morgan fingerprint density at radius 2 is 1.68 bits per heavy atom. The average Bonchev–Trinajstić information content (AvgIpc) is 2.59. The van der Waals surface area contributed by atoms with Gasteiger partial charge in [0, 0.05) is 5.41 Å². The molecule has 0 radical (unpaired) electrons. The van der Waals surface area contributed by atoms with Crippen LogP contribution in [0.15, 0.2) is 53.9 Å². The van der Waals surface area contributed by atoms with E-state index in [9.17, 15) is 13.2 Å². The number of benzene rings is 2. The smallest absolute Gasteiger partial charge is 0.272 e. The molecular formula is C18H20N2O4S. The van der Waals surface area contributed by atoms with Crippen molar-refractivity contribution in [2.75, 3.05) is 6.61 Å². The van der Waals surface area contributed by atoms with E-state index in [0.717, 1.165) is 22.1 Å². The van der Waals surface area contributed by atoms with Gasteiger partial charge in [-0.05, 0) is 36.6 Å². The van der Waals surface area contributed by atoms with Gasteiger partial charge in [0.15, 0.2) is 6.61 Å². The predicted octanol–water partition coefficient (Wildman–Crippen LogP) is 2.30. The Morgan fingerprint density at radius 3 is 2.32 bits per heavy atom. The lowest BCUT2D eigenvalue weighted by Gasteiger charge is -2.12. The summed E-state index contributed by atoms with van der Waals surface area (Å²) in [7, 11) is -3.79. The molecule has 0 aliphatic heterocycles. The monoisotopic (exact) mass is 360 g/mol. The quantitative estimate of drug-likeness (QED) is 0.742. The molecule has 0 spiro atoms. The fourth-order valence-corrected chi connectivity index (χ4v) is 2.76. The molecular weight excluding hydrogens is 340 g/mol. The Balaban J connectivity index is 1.86. The zero-order chi connectivity index (χ0) is 18.3. The third-order valence-corrected chi connectivity index (χ3v) is 4.21. The van der Waals surface area contributed by atoms with E-state index < -0.39 is 15.9 Å². The topological polar surface area (TPSA) is 84.5 Å². The van der Waals surface area contributed by atoms with Crippen molar-refractivity contribution in [1.29, 1.82) is 0 Å². The van der Waals surface area contributed by atoms with Gasteiger partial charge in [-0.1, -0.05) is 48.5 Å². The van der Waals surface area contributed by atoms with E-state index in [-0.39, 0.29) is 6.61 Å². The highest BCUT2D eigenvalue weighted by molar-refractivity contribution is 7.92.